The Morgan fingerprint density at radius 3 is 2.42 bits per heavy atom. The number of aromatic nitrogens is 2. The number of nitro benzene ring substituents is 2. The zero-order valence-electron chi connectivity index (χ0n) is 24.8. The van der Waals surface area contributed by atoms with Gasteiger partial charge in [0.1, 0.15) is 11.5 Å². The molecule has 2 aliphatic heterocycles. The molecule has 1 N–H and O–H groups in total. The summed E-state index contributed by atoms with van der Waals surface area (Å²) in [6, 6.07) is 18.4. The van der Waals surface area contributed by atoms with E-state index in [1.165, 1.54) is 17.6 Å². The molecule has 3 aromatic carbocycles. The number of nitrogens with zero attached hydrogens (tertiary/aromatic N) is 4. The lowest BCUT2D eigenvalue weighted by atomic mass is 9.81. The highest BCUT2D eigenvalue weighted by Crippen LogP contribution is 2.46. The molecule has 2 aromatic heterocycles. The standard InChI is InChI=1S/C33H22N4O11/c1-2-33(41)23-15-25-28-18(13-17-5-3-4-6-24(17)34-28)16-35(25)30(38)27(23)29(48-31(33)39)22-14-20(37(44)45)9-12-26(22)47-32(40)46-21-10-7-19(8-11-21)36(42)43/h3-15,29,41H,2,16H2,1H3/t29?,33-/m0/s1. The molecule has 15 heteroatoms. The number of pyridine rings is 2. The van der Waals surface area contributed by atoms with Gasteiger partial charge >= 0.3 is 12.1 Å². The molecule has 0 amide bonds. The summed E-state index contributed by atoms with van der Waals surface area (Å²) < 4.78 is 17.6. The zero-order chi connectivity index (χ0) is 33.9. The van der Waals surface area contributed by atoms with Crippen LogP contribution >= 0.6 is 0 Å². The number of ether oxygens (including phenoxy) is 3. The van der Waals surface area contributed by atoms with E-state index in [1.54, 1.807) is 0 Å². The van der Waals surface area contributed by atoms with Crippen LogP contribution in [0.25, 0.3) is 22.3 Å². The zero-order valence-corrected chi connectivity index (χ0v) is 24.8. The number of rotatable bonds is 6. The van der Waals surface area contributed by atoms with Gasteiger partial charge in [0.15, 0.2) is 11.7 Å². The number of carbonyl (C=O) groups excluding carboxylic acids is 2. The highest BCUT2D eigenvalue weighted by atomic mass is 16.7. The van der Waals surface area contributed by atoms with Gasteiger partial charge in [-0.25, -0.2) is 14.6 Å². The van der Waals surface area contributed by atoms with Gasteiger partial charge < -0.3 is 23.9 Å². The lowest BCUT2D eigenvalue weighted by Crippen LogP contribution is -2.46. The van der Waals surface area contributed by atoms with Gasteiger partial charge in [-0.05, 0) is 42.8 Å². The summed E-state index contributed by atoms with van der Waals surface area (Å²) in [6.45, 7) is 1.64. The van der Waals surface area contributed by atoms with Crippen molar-refractivity contribution in [3.8, 4) is 22.9 Å². The first kappa shape index (κ1) is 30.2. The second-order valence-electron chi connectivity index (χ2n) is 11.1. The first-order valence-corrected chi connectivity index (χ1v) is 14.5. The highest BCUT2D eigenvalue weighted by Gasteiger charge is 2.50. The predicted molar refractivity (Wildman–Crippen MR) is 166 cm³/mol. The third-order valence-corrected chi connectivity index (χ3v) is 8.42. The Morgan fingerprint density at radius 1 is 1.00 bits per heavy atom. The number of carbonyl (C=O) groups is 2. The molecule has 0 spiro atoms. The molecule has 0 saturated carbocycles. The minimum absolute atomic E-state index is 0.0729. The van der Waals surface area contributed by atoms with Gasteiger partial charge in [-0.15, -0.1) is 0 Å². The van der Waals surface area contributed by atoms with E-state index < -0.39 is 44.9 Å². The van der Waals surface area contributed by atoms with Crippen molar-refractivity contribution >= 4 is 34.4 Å². The van der Waals surface area contributed by atoms with Gasteiger partial charge in [0, 0.05) is 46.3 Å². The van der Waals surface area contributed by atoms with E-state index in [2.05, 4.69) is 0 Å². The number of hydrogen-bond donors (Lipinski definition) is 1. The Morgan fingerprint density at radius 2 is 1.71 bits per heavy atom. The van der Waals surface area contributed by atoms with Gasteiger partial charge in [-0.1, -0.05) is 25.1 Å². The maximum atomic E-state index is 14.3. The summed E-state index contributed by atoms with van der Waals surface area (Å²) >= 11 is 0. The number of para-hydroxylation sites is 1. The molecule has 0 radical (unpaired) electrons. The number of non-ortho nitro benzene ring substituents is 2. The third kappa shape index (κ3) is 4.80. The maximum absolute atomic E-state index is 14.3. The van der Waals surface area contributed by atoms with Crippen molar-refractivity contribution in [3.05, 3.63) is 132 Å². The van der Waals surface area contributed by atoms with E-state index in [-0.39, 0.29) is 46.8 Å². The first-order chi connectivity index (χ1) is 23.0. The molecule has 0 saturated heterocycles. The Balaban J connectivity index is 1.35. The number of cyclic esters (lactones) is 1. The second-order valence-corrected chi connectivity index (χ2v) is 11.1. The molecule has 5 aromatic rings. The van der Waals surface area contributed by atoms with E-state index in [1.807, 2.05) is 30.3 Å². The molecule has 0 bridgehead atoms. The van der Waals surface area contributed by atoms with Crippen LogP contribution in [0.2, 0.25) is 0 Å². The quantitative estimate of drug-likeness (QED) is 0.109. The molecular weight excluding hydrogens is 628 g/mol. The van der Waals surface area contributed by atoms with E-state index in [0.717, 1.165) is 53.4 Å². The van der Waals surface area contributed by atoms with Gasteiger partial charge in [0.05, 0.1) is 38.9 Å². The van der Waals surface area contributed by atoms with E-state index in [0.29, 0.717) is 16.9 Å². The van der Waals surface area contributed by atoms with Crippen molar-refractivity contribution in [2.24, 2.45) is 0 Å². The smallest absolute Gasteiger partial charge is 0.450 e. The van der Waals surface area contributed by atoms with Crippen molar-refractivity contribution in [1.82, 2.24) is 9.55 Å². The van der Waals surface area contributed by atoms with Crippen LogP contribution in [0, 0.1) is 20.2 Å². The van der Waals surface area contributed by atoms with E-state index >= 15 is 0 Å². The Hall–Kier alpha value is -6.48. The van der Waals surface area contributed by atoms with Crippen LogP contribution in [0.3, 0.4) is 0 Å². The van der Waals surface area contributed by atoms with Gasteiger partial charge in [0.2, 0.25) is 0 Å². The lowest BCUT2D eigenvalue weighted by molar-refractivity contribution is -0.385. The van der Waals surface area contributed by atoms with Crippen LogP contribution in [0.1, 0.15) is 41.7 Å². The fourth-order valence-corrected chi connectivity index (χ4v) is 6.00. The molecule has 1 unspecified atom stereocenters. The molecule has 2 aliphatic rings. The van der Waals surface area contributed by atoms with Crippen molar-refractivity contribution in [2.75, 3.05) is 0 Å². The predicted octanol–water partition coefficient (Wildman–Crippen LogP) is 5.06. The van der Waals surface area contributed by atoms with Gasteiger partial charge in [-0.2, -0.15) is 0 Å². The summed E-state index contributed by atoms with van der Waals surface area (Å²) in [4.78, 5) is 66.8. The topological polar surface area (TPSA) is 203 Å². The number of hydrogen-bond acceptors (Lipinski definition) is 12. The molecule has 240 valence electrons. The molecule has 2 atom stereocenters. The van der Waals surface area contributed by atoms with Crippen LogP contribution in [0.15, 0.2) is 83.7 Å². The van der Waals surface area contributed by atoms with Crippen LogP contribution in [-0.2, 0) is 21.7 Å². The average Bonchev–Trinajstić information content (AvgIpc) is 3.43. The SMILES string of the molecule is CC[C@@]1(O)C(=O)OC(c2cc([N+](=O)[O-])ccc2OC(=O)Oc2ccc([N+](=O)[O-])cc2)c2c1cc1n(c2=O)Cc2cc3ccccc3nc2-1. The molecule has 0 aliphatic carbocycles. The second kappa shape index (κ2) is 11.1. The molecule has 48 heavy (non-hydrogen) atoms. The molecule has 4 heterocycles. The third-order valence-electron chi connectivity index (χ3n) is 8.42. The van der Waals surface area contributed by atoms with Crippen molar-refractivity contribution in [3.63, 3.8) is 0 Å². The normalized spacial score (nSPS) is 17.5. The molecule has 0 fully saturated rings. The van der Waals surface area contributed by atoms with E-state index in [4.69, 9.17) is 19.2 Å². The van der Waals surface area contributed by atoms with Gasteiger partial charge in [-0.3, -0.25) is 25.0 Å². The first-order valence-electron chi connectivity index (χ1n) is 14.5. The Labute approximate surface area is 268 Å². The van der Waals surface area contributed by atoms with Crippen LogP contribution in [0.4, 0.5) is 16.2 Å². The van der Waals surface area contributed by atoms with Crippen LogP contribution in [-0.4, -0.2) is 36.6 Å². The average molecular weight is 651 g/mol. The fourth-order valence-electron chi connectivity index (χ4n) is 6.00. The van der Waals surface area contributed by atoms with Gasteiger partial charge in [0.25, 0.3) is 16.9 Å². The fraction of sp³-hybridized carbons (Fsp3) is 0.152. The number of benzene rings is 3. The molecule has 7 rings (SSSR count). The van der Waals surface area contributed by atoms with Crippen molar-refractivity contribution < 1.29 is 38.8 Å². The highest BCUT2D eigenvalue weighted by molar-refractivity contribution is 5.87. The lowest BCUT2D eigenvalue weighted by Gasteiger charge is -2.36. The molecule has 15 nitrogen and oxygen atoms in total. The Bertz CT molecular complexity index is 2280. The number of nitro groups is 2. The summed E-state index contributed by atoms with van der Waals surface area (Å²) in [6.07, 6.45) is -3.15. The largest absolute Gasteiger partial charge is 0.519 e. The number of fused-ring (bicyclic) bond motifs is 5. The van der Waals surface area contributed by atoms with E-state index in [9.17, 15) is 39.7 Å². The maximum Gasteiger partial charge on any atom is 0.519 e. The summed E-state index contributed by atoms with van der Waals surface area (Å²) in [7, 11) is 0. The monoisotopic (exact) mass is 650 g/mol. The van der Waals surface area contributed by atoms with Crippen molar-refractivity contribution in [1.29, 1.82) is 0 Å². The van der Waals surface area contributed by atoms with Crippen LogP contribution in [0.5, 0.6) is 11.5 Å². The van der Waals surface area contributed by atoms with Crippen LogP contribution < -0.4 is 15.0 Å². The minimum Gasteiger partial charge on any atom is -0.450 e. The number of esters is 1. The van der Waals surface area contributed by atoms with Crippen molar-refractivity contribution in [2.45, 2.75) is 31.6 Å². The number of aliphatic hydroxyl groups is 1. The Kier molecular flexibility index (Phi) is 6.98. The summed E-state index contributed by atoms with van der Waals surface area (Å²) in [5.74, 6) is -1.58. The molecular formula is C33H22N4O11. The summed E-state index contributed by atoms with van der Waals surface area (Å²) in [5, 5.41) is 35.2. The minimum atomic E-state index is -2.25. The summed E-state index contributed by atoms with van der Waals surface area (Å²) in [5.41, 5.74) is -1.86.